The number of rotatable bonds is 4. The van der Waals surface area contributed by atoms with Gasteiger partial charge in [0, 0.05) is 13.1 Å². The van der Waals surface area contributed by atoms with Gasteiger partial charge in [-0.25, -0.2) is 21.2 Å². The molecule has 0 bridgehead atoms. The quantitative estimate of drug-likeness (QED) is 0.827. The highest BCUT2D eigenvalue weighted by Crippen LogP contribution is 2.28. The van der Waals surface area contributed by atoms with Crippen LogP contribution in [-0.4, -0.2) is 39.5 Å². The first-order chi connectivity index (χ1) is 11.3. The highest BCUT2D eigenvalue weighted by molar-refractivity contribution is 7.92. The second-order valence-corrected chi connectivity index (χ2v) is 9.75. The van der Waals surface area contributed by atoms with Crippen LogP contribution in [-0.2, 0) is 19.9 Å². The molecule has 1 aliphatic heterocycles. The Labute approximate surface area is 140 Å². The van der Waals surface area contributed by atoms with Crippen LogP contribution in [0.2, 0.25) is 0 Å². The molecule has 0 N–H and O–H groups in total. The van der Waals surface area contributed by atoms with Gasteiger partial charge in [0.2, 0.25) is 10.0 Å². The number of sulfone groups is 1. The van der Waals surface area contributed by atoms with Gasteiger partial charge in [0.25, 0.3) is 0 Å². The molecule has 0 aromatic heterocycles. The number of halogens is 1. The fourth-order valence-electron chi connectivity index (χ4n) is 2.73. The zero-order valence-electron chi connectivity index (χ0n) is 12.7. The smallest absolute Gasteiger partial charge is 0.223 e. The molecular weight excluding hydrogens is 353 g/mol. The van der Waals surface area contributed by atoms with Gasteiger partial charge < -0.3 is 0 Å². The fraction of sp³-hybridized carbons (Fsp3) is 0.250. The van der Waals surface area contributed by atoms with E-state index in [1.54, 1.807) is 18.2 Å². The van der Waals surface area contributed by atoms with Crippen molar-refractivity contribution in [2.24, 2.45) is 0 Å². The first-order valence-electron chi connectivity index (χ1n) is 7.36. The van der Waals surface area contributed by atoms with Crippen LogP contribution >= 0.6 is 0 Å². The third-order valence-electron chi connectivity index (χ3n) is 4.07. The average Bonchev–Trinajstić information content (AvgIpc) is 3.08. The molecule has 3 rings (SSSR count). The van der Waals surface area contributed by atoms with Crippen LogP contribution in [0.3, 0.4) is 0 Å². The van der Waals surface area contributed by atoms with Crippen LogP contribution in [0.5, 0.6) is 0 Å². The molecule has 0 aliphatic carbocycles. The van der Waals surface area contributed by atoms with Crippen molar-refractivity contribution in [2.75, 3.05) is 13.1 Å². The van der Waals surface area contributed by atoms with E-state index in [9.17, 15) is 21.2 Å². The highest BCUT2D eigenvalue weighted by Gasteiger charge is 2.39. The molecule has 0 unspecified atom stereocenters. The van der Waals surface area contributed by atoms with E-state index in [0.717, 1.165) is 16.4 Å². The number of hydrogen-bond donors (Lipinski definition) is 0. The minimum absolute atomic E-state index is 0.0401. The van der Waals surface area contributed by atoms with Gasteiger partial charge in [-0.15, -0.1) is 0 Å². The molecule has 0 amide bonds. The summed E-state index contributed by atoms with van der Waals surface area (Å²) in [5, 5.41) is -0.782. The standard InChI is InChI=1S/C16H16FNO4S2/c17-13-6-8-15(9-7-13)24(21,22)18-11-10-16(12-18)23(19,20)14-4-2-1-3-5-14/h1-9,16H,10-12H2/t16-/m0/s1. The van der Waals surface area contributed by atoms with Gasteiger partial charge in [-0.1, -0.05) is 18.2 Å². The Bertz CT molecular complexity index is 926. The van der Waals surface area contributed by atoms with Crippen LogP contribution in [0.1, 0.15) is 6.42 Å². The molecule has 128 valence electrons. The zero-order valence-corrected chi connectivity index (χ0v) is 14.3. The van der Waals surface area contributed by atoms with Crippen molar-refractivity contribution >= 4 is 19.9 Å². The lowest BCUT2D eigenvalue weighted by molar-refractivity contribution is 0.476. The van der Waals surface area contributed by atoms with E-state index >= 15 is 0 Å². The molecule has 2 aromatic carbocycles. The number of benzene rings is 2. The second kappa shape index (κ2) is 6.27. The van der Waals surface area contributed by atoms with Crippen molar-refractivity contribution in [3.63, 3.8) is 0 Å². The van der Waals surface area contributed by atoms with Crippen LogP contribution in [0.15, 0.2) is 64.4 Å². The predicted molar refractivity (Wildman–Crippen MR) is 87.2 cm³/mol. The Morgan fingerprint density at radius 1 is 0.875 bits per heavy atom. The lowest BCUT2D eigenvalue weighted by Crippen LogP contribution is -2.32. The number of nitrogens with zero attached hydrogens (tertiary/aromatic N) is 1. The molecule has 2 aromatic rings. The zero-order chi connectivity index (χ0) is 17.4. The van der Waals surface area contributed by atoms with Crippen molar-refractivity contribution < 1.29 is 21.2 Å². The van der Waals surface area contributed by atoms with E-state index in [0.29, 0.717) is 0 Å². The molecule has 5 nitrogen and oxygen atoms in total. The Hall–Kier alpha value is -1.77. The minimum atomic E-state index is -3.83. The summed E-state index contributed by atoms with van der Waals surface area (Å²) in [7, 11) is -7.42. The van der Waals surface area contributed by atoms with E-state index < -0.39 is 30.9 Å². The minimum Gasteiger partial charge on any atom is -0.223 e. The molecule has 1 atom stereocenters. The maximum atomic E-state index is 13.0. The predicted octanol–water partition coefficient (Wildman–Crippen LogP) is 2.06. The van der Waals surface area contributed by atoms with E-state index in [1.807, 2.05) is 0 Å². The lowest BCUT2D eigenvalue weighted by Gasteiger charge is -2.17. The van der Waals surface area contributed by atoms with Gasteiger partial charge in [0.15, 0.2) is 9.84 Å². The van der Waals surface area contributed by atoms with Crippen molar-refractivity contribution in [1.82, 2.24) is 4.31 Å². The van der Waals surface area contributed by atoms with Crippen molar-refractivity contribution in [2.45, 2.75) is 21.5 Å². The Balaban J connectivity index is 1.84. The largest absolute Gasteiger partial charge is 0.243 e. The van der Waals surface area contributed by atoms with Crippen LogP contribution < -0.4 is 0 Å². The molecule has 1 fully saturated rings. The second-order valence-electron chi connectivity index (χ2n) is 5.59. The van der Waals surface area contributed by atoms with Gasteiger partial charge in [-0.3, -0.25) is 0 Å². The maximum Gasteiger partial charge on any atom is 0.243 e. The summed E-state index contributed by atoms with van der Waals surface area (Å²) in [5.41, 5.74) is 0. The molecule has 8 heteroatoms. The molecule has 24 heavy (non-hydrogen) atoms. The van der Waals surface area contributed by atoms with Gasteiger partial charge in [-0.05, 0) is 42.8 Å². The summed E-state index contributed by atoms with van der Waals surface area (Å²) in [5.74, 6) is -0.528. The summed E-state index contributed by atoms with van der Waals surface area (Å²) in [6.45, 7) is 0.0212. The Morgan fingerprint density at radius 3 is 2.12 bits per heavy atom. The van der Waals surface area contributed by atoms with Gasteiger partial charge in [-0.2, -0.15) is 4.31 Å². The molecule has 0 saturated carbocycles. The summed E-state index contributed by atoms with van der Waals surface area (Å²) in [4.78, 5) is 0.151. The number of hydrogen-bond acceptors (Lipinski definition) is 4. The molecular formula is C16H16FNO4S2. The molecule has 1 saturated heterocycles. The van der Waals surface area contributed by atoms with E-state index in [4.69, 9.17) is 0 Å². The monoisotopic (exact) mass is 369 g/mol. The van der Waals surface area contributed by atoms with E-state index in [1.165, 1.54) is 24.3 Å². The summed E-state index contributed by atoms with van der Waals surface area (Å²) < 4.78 is 64.5. The maximum absolute atomic E-state index is 13.0. The molecule has 1 aliphatic rings. The Kier molecular flexibility index (Phi) is 4.46. The van der Waals surface area contributed by atoms with Gasteiger partial charge in [0.05, 0.1) is 15.0 Å². The van der Waals surface area contributed by atoms with Gasteiger partial charge >= 0.3 is 0 Å². The van der Waals surface area contributed by atoms with Crippen LogP contribution in [0.25, 0.3) is 0 Å². The average molecular weight is 369 g/mol. The highest BCUT2D eigenvalue weighted by atomic mass is 32.2. The SMILES string of the molecule is O=S(=O)(c1ccccc1)[C@H]1CCN(S(=O)(=O)c2ccc(F)cc2)C1. The van der Waals surface area contributed by atoms with Crippen LogP contribution in [0.4, 0.5) is 4.39 Å². The van der Waals surface area contributed by atoms with Crippen LogP contribution in [0, 0.1) is 5.82 Å². The molecule has 0 spiro atoms. The van der Waals surface area contributed by atoms with Crippen molar-refractivity contribution in [1.29, 1.82) is 0 Å². The third-order valence-corrected chi connectivity index (χ3v) is 8.14. The normalized spacial score (nSPS) is 19.5. The first-order valence-corrected chi connectivity index (χ1v) is 10.3. The van der Waals surface area contributed by atoms with E-state index in [2.05, 4.69) is 0 Å². The third kappa shape index (κ3) is 3.09. The van der Waals surface area contributed by atoms with Crippen molar-refractivity contribution in [3.8, 4) is 0 Å². The fourth-order valence-corrected chi connectivity index (χ4v) is 6.04. The topological polar surface area (TPSA) is 71.5 Å². The molecule has 1 heterocycles. The summed E-state index contributed by atoms with van der Waals surface area (Å²) in [6.07, 6.45) is 0.234. The number of sulfonamides is 1. The van der Waals surface area contributed by atoms with Crippen molar-refractivity contribution in [3.05, 3.63) is 60.4 Å². The lowest BCUT2D eigenvalue weighted by atomic mass is 10.4. The Morgan fingerprint density at radius 2 is 1.50 bits per heavy atom. The first kappa shape index (κ1) is 17.1. The van der Waals surface area contributed by atoms with Gasteiger partial charge in [0.1, 0.15) is 5.82 Å². The summed E-state index contributed by atoms with van der Waals surface area (Å²) in [6, 6.07) is 12.5. The van der Waals surface area contributed by atoms with E-state index in [-0.39, 0.29) is 29.3 Å². The summed E-state index contributed by atoms with van der Waals surface area (Å²) >= 11 is 0. The molecule has 0 radical (unpaired) electrons.